The molecule has 1 aromatic carbocycles. The molecule has 1 aromatic rings. The number of hydrogen-bond donors (Lipinski definition) is 1. The first kappa shape index (κ1) is 12.0. The van der Waals surface area contributed by atoms with Crippen molar-refractivity contribution < 1.29 is 12.6 Å². The normalized spacial score (nSPS) is 27.9. The highest BCUT2D eigenvalue weighted by molar-refractivity contribution is 7.95. The van der Waals surface area contributed by atoms with Crippen molar-refractivity contribution in [2.24, 2.45) is 0 Å². The summed E-state index contributed by atoms with van der Waals surface area (Å²) in [4.78, 5) is 0.348. The quantitative estimate of drug-likeness (QED) is 0.892. The Morgan fingerprint density at radius 2 is 1.94 bits per heavy atom. The van der Waals surface area contributed by atoms with Gasteiger partial charge in [-0.2, -0.15) is 0 Å². The van der Waals surface area contributed by atoms with Gasteiger partial charge in [0, 0.05) is 6.54 Å². The number of anilines is 1. The molecule has 1 unspecified atom stereocenters. The van der Waals surface area contributed by atoms with Crippen LogP contribution in [0.2, 0.25) is 0 Å². The van der Waals surface area contributed by atoms with Gasteiger partial charge in [0.1, 0.15) is 0 Å². The highest BCUT2D eigenvalue weighted by Gasteiger charge is 2.42. The van der Waals surface area contributed by atoms with E-state index in [4.69, 9.17) is 4.78 Å². The molecule has 0 spiro atoms. The number of rotatable bonds is 2. The van der Waals surface area contributed by atoms with Gasteiger partial charge >= 0.3 is 0 Å². The third kappa shape index (κ3) is 1.73. The molecule has 7 heteroatoms. The summed E-state index contributed by atoms with van der Waals surface area (Å²) in [6.07, 6.45) is 1.41. The van der Waals surface area contributed by atoms with E-state index in [-0.39, 0.29) is 17.5 Å². The fourth-order valence-electron chi connectivity index (χ4n) is 2.19. The van der Waals surface area contributed by atoms with Crippen LogP contribution in [0.4, 0.5) is 5.69 Å². The fourth-order valence-corrected chi connectivity index (χ4v) is 5.71. The molecule has 1 heterocycles. The number of para-hydroxylation sites is 1. The second-order valence-corrected chi connectivity index (χ2v) is 9.00. The van der Waals surface area contributed by atoms with Crippen molar-refractivity contribution in [2.45, 2.75) is 23.0 Å². The molecular formula is C11H14N2O3S2. The molecule has 0 amide bonds. The Labute approximate surface area is 107 Å². The van der Waals surface area contributed by atoms with Gasteiger partial charge in [-0.1, -0.05) is 12.1 Å². The Bertz CT molecular complexity index is 691. The lowest BCUT2D eigenvalue weighted by atomic mass is 10.3. The van der Waals surface area contributed by atoms with Crippen LogP contribution in [0.1, 0.15) is 12.8 Å². The number of hydrogen-bond acceptors (Lipinski definition) is 4. The van der Waals surface area contributed by atoms with E-state index in [0.717, 1.165) is 0 Å². The maximum Gasteiger partial charge on any atom is 0.238 e. The Hall–Kier alpha value is -1.08. The summed E-state index contributed by atoms with van der Waals surface area (Å²) in [5.74, 6) is 0.0793. The number of fused-ring (bicyclic) bond motifs is 1. The maximum absolute atomic E-state index is 12.3. The fraction of sp³-hybridized carbons (Fsp3) is 0.455. The Morgan fingerprint density at radius 1 is 1.28 bits per heavy atom. The zero-order chi connectivity index (χ0) is 13.0. The van der Waals surface area contributed by atoms with Crippen molar-refractivity contribution in [2.75, 3.05) is 16.6 Å². The van der Waals surface area contributed by atoms with Crippen LogP contribution in [-0.4, -0.2) is 30.2 Å². The molecule has 0 radical (unpaired) electrons. The van der Waals surface area contributed by atoms with Gasteiger partial charge < -0.3 is 0 Å². The van der Waals surface area contributed by atoms with E-state index in [1.165, 1.54) is 4.31 Å². The van der Waals surface area contributed by atoms with Crippen LogP contribution in [0.3, 0.4) is 0 Å². The molecule has 98 valence electrons. The topological polar surface area (TPSA) is 78.3 Å². The molecule has 1 atom stereocenters. The third-order valence-corrected chi connectivity index (χ3v) is 7.44. The second-order valence-electron chi connectivity index (χ2n) is 4.66. The SMILES string of the molecule is N=S1(=O)CCN(S(=O)(=O)C2CC2)c2ccccc21. The molecule has 1 aliphatic heterocycles. The zero-order valence-corrected chi connectivity index (χ0v) is 11.3. The van der Waals surface area contributed by atoms with Crippen LogP contribution in [0.15, 0.2) is 29.2 Å². The van der Waals surface area contributed by atoms with Gasteiger partial charge in [0.25, 0.3) is 0 Å². The zero-order valence-electron chi connectivity index (χ0n) is 9.70. The van der Waals surface area contributed by atoms with Gasteiger partial charge in [0.2, 0.25) is 10.0 Å². The van der Waals surface area contributed by atoms with Crippen molar-refractivity contribution in [3.05, 3.63) is 24.3 Å². The first-order valence-corrected chi connectivity index (χ1v) is 9.03. The molecule has 0 bridgehead atoms. The number of sulfonamides is 1. The standard InChI is InChI=1S/C11H14N2O3S2/c12-17(14)8-7-13(18(15,16)9-5-6-9)10-3-1-2-4-11(10)17/h1-4,9,12H,5-8H2. The second kappa shape index (κ2) is 3.71. The molecular weight excluding hydrogens is 272 g/mol. The largest absolute Gasteiger partial charge is 0.268 e. The summed E-state index contributed by atoms with van der Waals surface area (Å²) in [6, 6.07) is 6.65. The van der Waals surface area contributed by atoms with Gasteiger partial charge in [-0.15, -0.1) is 0 Å². The molecule has 0 aromatic heterocycles. The highest BCUT2D eigenvalue weighted by atomic mass is 32.2. The Kier molecular flexibility index (Phi) is 2.47. The van der Waals surface area contributed by atoms with E-state index in [9.17, 15) is 12.6 Å². The minimum atomic E-state index is -3.33. The van der Waals surface area contributed by atoms with Crippen LogP contribution in [0.5, 0.6) is 0 Å². The smallest absolute Gasteiger partial charge is 0.238 e. The van der Waals surface area contributed by atoms with Crippen LogP contribution >= 0.6 is 0 Å². The Balaban J connectivity index is 2.16. The summed E-state index contributed by atoms with van der Waals surface area (Å²) in [5.41, 5.74) is 0.427. The van der Waals surface area contributed by atoms with Crippen LogP contribution in [-0.2, 0) is 19.8 Å². The van der Waals surface area contributed by atoms with E-state index >= 15 is 0 Å². The van der Waals surface area contributed by atoms with Gasteiger partial charge in [-0.25, -0.2) is 17.4 Å². The van der Waals surface area contributed by atoms with Crippen LogP contribution in [0, 0.1) is 4.78 Å². The molecule has 1 fully saturated rings. The molecule has 1 N–H and O–H groups in total. The van der Waals surface area contributed by atoms with Crippen molar-refractivity contribution in [3.8, 4) is 0 Å². The van der Waals surface area contributed by atoms with Gasteiger partial charge in [0.15, 0.2) is 0 Å². The molecule has 3 rings (SSSR count). The van der Waals surface area contributed by atoms with Gasteiger partial charge in [-0.05, 0) is 25.0 Å². The van der Waals surface area contributed by atoms with Crippen LogP contribution < -0.4 is 4.31 Å². The number of nitrogens with zero attached hydrogens (tertiary/aromatic N) is 1. The predicted octanol–water partition coefficient (Wildman–Crippen LogP) is 1.40. The van der Waals surface area contributed by atoms with Gasteiger partial charge in [-0.3, -0.25) is 4.31 Å². The molecule has 1 aliphatic carbocycles. The van der Waals surface area contributed by atoms with E-state index in [1.54, 1.807) is 24.3 Å². The van der Waals surface area contributed by atoms with E-state index in [1.807, 2.05) is 0 Å². The average molecular weight is 286 g/mol. The molecule has 5 nitrogen and oxygen atoms in total. The lowest BCUT2D eigenvalue weighted by Crippen LogP contribution is -2.41. The van der Waals surface area contributed by atoms with E-state index in [0.29, 0.717) is 23.4 Å². The minimum Gasteiger partial charge on any atom is -0.268 e. The molecule has 2 aliphatic rings. The predicted molar refractivity (Wildman–Crippen MR) is 69.7 cm³/mol. The Morgan fingerprint density at radius 3 is 2.61 bits per heavy atom. The summed E-state index contributed by atoms with van der Waals surface area (Å²) < 4.78 is 45.9. The maximum atomic E-state index is 12.3. The summed E-state index contributed by atoms with van der Waals surface area (Å²) in [5, 5.41) is -0.287. The lowest BCUT2D eigenvalue weighted by Gasteiger charge is -2.31. The minimum absolute atomic E-state index is 0.0793. The highest BCUT2D eigenvalue weighted by Crippen LogP contribution is 2.38. The van der Waals surface area contributed by atoms with Gasteiger partial charge in [0.05, 0.1) is 31.3 Å². The summed E-state index contributed by atoms with van der Waals surface area (Å²) in [7, 11) is -6.17. The van der Waals surface area contributed by atoms with E-state index in [2.05, 4.69) is 0 Å². The van der Waals surface area contributed by atoms with E-state index < -0.39 is 19.8 Å². The average Bonchev–Trinajstić information content (AvgIpc) is 3.13. The lowest BCUT2D eigenvalue weighted by molar-refractivity contribution is 0.589. The monoisotopic (exact) mass is 286 g/mol. The first-order valence-electron chi connectivity index (χ1n) is 5.80. The number of benzene rings is 1. The number of nitrogens with one attached hydrogen (secondary N) is 1. The molecule has 1 saturated carbocycles. The van der Waals surface area contributed by atoms with Crippen molar-refractivity contribution in [1.29, 1.82) is 4.78 Å². The summed E-state index contributed by atoms with van der Waals surface area (Å²) >= 11 is 0. The third-order valence-electron chi connectivity index (χ3n) is 3.32. The van der Waals surface area contributed by atoms with Crippen molar-refractivity contribution >= 4 is 25.4 Å². The summed E-state index contributed by atoms with van der Waals surface area (Å²) in [6.45, 7) is 0.151. The van der Waals surface area contributed by atoms with Crippen molar-refractivity contribution in [1.82, 2.24) is 0 Å². The first-order chi connectivity index (χ1) is 8.43. The van der Waals surface area contributed by atoms with Crippen LogP contribution in [0.25, 0.3) is 0 Å². The molecule has 0 saturated heterocycles. The molecule has 18 heavy (non-hydrogen) atoms. The van der Waals surface area contributed by atoms with Crippen molar-refractivity contribution in [3.63, 3.8) is 0 Å².